The lowest BCUT2D eigenvalue weighted by atomic mass is 10.1. The minimum Gasteiger partial charge on any atom is -0.480 e. The van der Waals surface area contributed by atoms with Gasteiger partial charge in [-0.25, -0.2) is 0 Å². The lowest BCUT2D eigenvalue weighted by Gasteiger charge is -2.20. The average molecular weight is 366 g/mol. The van der Waals surface area contributed by atoms with Gasteiger partial charge in [0.05, 0.1) is 11.3 Å². The second-order valence-electron chi connectivity index (χ2n) is 6.25. The molecular weight excluding hydrogens is 340 g/mol. The Kier molecular flexibility index (Phi) is 7.17. The van der Waals surface area contributed by atoms with Crippen LogP contribution < -0.4 is 15.4 Å². The SMILES string of the molecule is C=CCNC(=O)c1ccccc1NC(=O)C(CC)Oc1cccc(C)c1C. The van der Waals surface area contributed by atoms with E-state index in [-0.39, 0.29) is 11.8 Å². The molecule has 0 aliphatic rings. The van der Waals surface area contributed by atoms with E-state index in [0.29, 0.717) is 30.0 Å². The zero-order chi connectivity index (χ0) is 19.8. The van der Waals surface area contributed by atoms with Crippen LogP contribution in [0.4, 0.5) is 5.69 Å². The van der Waals surface area contributed by atoms with Crippen molar-refractivity contribution >= 4 is 17.5 Å². The number of carbonyl (C=O) groups is 2. The highest BCUT2D eigenvalue weighted by Crippen LogP contribution is 2.23. The Balaban J connectivity index is 2.16. The van der Waals surface area contributed by atoms with E-state index in [1.54, 1.807) is 30.3 Å². The first kappa shape index (κ1) is 20.2. The number of ether oxygens (including phenoxy) is 1. The first-order valence-corrected chi connectivity index (χ1v) is 8.99. The van der Waals surface area contributed by atoms with Gasteiger partial charge in [0.15, 0.2) is 6.10 Å². The minimum atomic E-state index is -0.658. The number of amides is 2. The molecule has 0 heterocycles. The summed E-state index contributed by atoms with van der Waals surface area (Å²) in [4.78, 5) is 25.0. The highest BCUT2D eigenvalue weighted by Gasteiger charge is 2.21. The Bertz CT molecular complexity index is 830. The molecular formula is C22H26N2O3. The first-order valence-electron chi connectivity index (χ1n) is 8.99. The summed E-state index contributed by atoms with van der Waals surface area (Å²) in [6.07, 6.45) is 1.45. The summed E-state index contributed by atoms with van der Waals surface area (Å²) in [5.74, 6) is 0.130. The van der Waals surface area contributed by atoms with Gasteiger partial charge in [0.1, 0.15) is 5.75 Å². The number of rotatable bonds is 8. The number of para-hydroxylation sites is 1. The van der Waals surface area contributed by atoms with Crippen molar-refractivity contribution in [2.24, 2.45) is 0 Å². The van der Waals surface area contributed by atoms with Gasteiger partial charge < -0.3 is 15.4 Å². The van der Waals surface area contributed by atoms with E-state index in [1.807, 2.05) is 39.0 Å². The highest BCUT2D eigenvalue weighted by molar-refractivity contribution is 6.04. The molecule has 27 heavy (non-hydrogen) atoms. The standard InChI is InChI=1S/C22H26N2O3/c1-5-14-23-21(25)17-11-7-8-12-18(17)24-22(26)19(6-2)27-20-13-9-10-15(3)16(20)4/h5,7-13,19H,1,6,14H2,2-4H3,(H,23,25)(H,24,26). The molecule has 1 atom stereocenters. The van der Waals surface area contributed by atoms with E-state index in [1.165, 1.54) is 0 Å². The molecule has 0 spiro atoms. The van der Waals surface area contributed by atoms with Crippen LogP contribution in [0.2, 0.25) is 0 Å². The normalized spacial score (nSPS) is 11.4. The van der Waals surface area contributed by atoms with Crippen molar-refractivity contribution in [3.8, 4) is 5.75 Å². The fraction of sp³-hybridized carbons (Fsp3) is 0.273. The molecule has 1 unspecified atom stereocenters. The van der Waals surface area contributed by atoms with Gasteiger partial charge in [-0.3, -0.25) is 9.59 Å². The van der Waals surface area contributed by atoms with Crippen molar-refractivity contribution in [2.45, 2.75) is 33.3 Å². The van der Waals surface area contributed by atoms with Crippen molar-refractivity contribution in [3.63, 3.8) is 0 Å². The molecule has 5 nitrogen and oxygen atoms in total. The Labute approximate surface area is 160 Å². The molecule has 0 aliphatic heterocycles. The van der Waals surface area contributed by atoms with E-state index in [9.17, 15) is 9.59 Å². The Morgan fingerprint density at radius 2 is 1.89 bits per heavy atom. The second-order valence-corrected chi connectivity index (χ2v) is 6.25. The van der Waals surface area contributed by atoms with Crippen molar-refractivity contribution < 1.29 is 14.3 Å². The third-order valence-corrected chi connectivity index (χ3v) is 4.32. The maximum atomic E-state index is 12.7. The van der Waals surface area contributed by atoms with Gasteiger partial charge in [-0.05, 0) is 49.6 Å². The lowest BCUT2D eigenvalue weighted by molar-refractivity contribution is -0.122. The predicted octanol–water partition coefficient (Wildman–Crippen LogP) is 4.02. The largest absolute Gasteiger partial charge is 0.480 e. The third-order valence-electron chi connectivity index (χ3n) is 4.32. The number of nitrogens with one attached hydrogen (secondary N) is 2. The molecule has 0 saturated carbocycles. The van der Waals surface area contributed by atoms with Crippen LogP contribution in [0, 0.1) is 13.8 Å². The molecule has 2 N–H and O–H groups in total. The number of benzene rings is 2. The summed E-state index contributed by atoms with van der Waals surface area (Å²) in [5, 5.41) is 5.54. The molecule has 2 amide bonds. The van der Waals surface area contributed by atoms with Gasteiger partial charge >= 0.3 is 0 Å². The molecule has 0 saturated heterocycles. The lowest BCUT2D eigenvalue weighted by Crippen LogP contribution is -2.33. The van der Waals surface area contributed by atoms with E-state index in [2.05, 4.69) is 17.2 Å². The molecule has 2 rings (SSSR count). The molecule has 0 aliphatic carbocycles. The summed E-state index contributed by atoms with van der Waals surface area (Å²) in [6.45, 7) is 9.79. The Hall–Kier alpha value is -3.08. The molecule has 0 fully saturated rings. The monoisotopic (exact) mass is 366 g/mol. The van der Waals surface area contributed by atoms with E-state index in [4.69, 9.17) is 4.74 Å². The molecule has 0 bridgehead atoms. The van der Waals surface area contributed by atoms with Crippen molar-refractivity contribution in [2.75, 3.05) is 11.9 Å². The summed E-state index contributed by atoms with van der Waals surface area (Å²) in [6, 6.07) is 12.7. The zero-order valence-electron chi connectivity index (χ0n) is 16.0. The van der Waals surface area contributed by atoms with Crippen LogP contribution in [0.5, 0.6) is 5.75 Å². The number of aryl methyl sites for hydroxylation is 1. The summed E-state index contributed by atoms with van der Waals surface area (Å²) in [7, 11) is 0. The summed E-state index contributed by atoms with van der Waals surface area (Å²) < 4.78 is 5.95. The van der Waals surface area contributed by atoms with Crippen LogP contribution in [-0.4, -0.2) is 24.5 Å². The van der Waals surface area contributed by atoms with Crippen LogP contribution in [0.25, 0.3) is 0 Å². The van der Waals surface area contributed by atoms with Gasteiger partial charge in [0.25, 0.3) is 11.8 Å². The van der Waals surface area contributed by atoms with Gasteiger partial charge in [-0.1, -0.05) is 37.3 Å². The molecule has 2 aromatic rings. The van der Waals surface area contributed by atoms with Gasteiger partial charge in [-0.15, -0.1) is 6.58 Å². The molecule has 5 heteroatoms. The number of hydrogen-bond acceptors (Lipinski definition) is 3. The zero-order valence-corrected chi connectivity index (χ0v) is 16.0. The smallest absolute Gasteiger partial charge is 0.265 e. The summed E-state index contributed by atoms with van der Waals surface area (Å²) >= 11 is 0. The maximum Gasteiger partial charge on any atom is 0.265 e. The predicted molar refractivity (Wildman–Crippen MR) is 108 cm³/mol. The summed E-state index contributed by atoms with van der Waals surface area (Å²) in [5.41, 5.74) is 2.96. The van der Waals surface area contributed by atoms with Crippen LogP contribution in [-0.2, 0) is 4.79 Å². The molecule has 2 aromatic carbocycles. The number of hydrogen-bond donors (Lipinski definition) is 2. The Morgan fingerprint density at radius 1 is 1.15 bits per heavy atom. The van der Waals surface area contributed by atoms with Crippen LogP contribution >= 0.6 is 0 Å². The van der Waals surface area contributed by atoms with Crippen LogP contribution in [0.15, 0.2) is 55.1 Å². The molecule has 0 radical (unpaired) electrons. The maximum absolute atomic E-state index is 12.7. The van der Waals surface area contributed by atoms with E-state index < -0.39 is 6.10 Å². The first-order chi connectivity index (χ1) is 13.0. The van der Waals surface area contributed by atoms with Crippen molar-refractivity contribution in [1.29, 1.82) is 0 Å². The quantitative estimate of drug-likeness (QED) is 0.694. The topological polar surface area (TPSA) is 67.4 Å². The molecule has 0 aromatic heterocycles. The minimum absolute atomic E-state index is 0.269. The van der Waals surface area contributed by atoms with Crippen LogP contribution in [0.3, 0.4) is 0 Å². The van der Waals surface area contributed by atoms with Crippen LogP contribution in [0.1, 0.15) is 34.8 Å². The molecule has 142 valence electrons. The third kappa shape index (κ3) is 5.20. The van der Waals surface area contributed by atoms with E-state index in [0.717, 1.165) is 11.1 Å². The number of carbonyl (C=O) groups excluding carboxylic acids is 2. The second kappa shape index (κ2) is 9.57. The Morgan fingerprint density at radius 3 is 2.59 bits per heavy atom. The average Bonchev–Trinajstić information content (AvgIpc) is 2.67. The van der Waals surface area contributed by atoms with Gasteiger partial charge in [0, 0.05) is 6.54 Å². The fourth-order valence-electron chi connectivity index (χ4n) is 2.59. The highest BCUT2D eigenvalue weighted by atomic mass is 16.5. The number of anilines is 1. The van der Waals surface area contributed by atoms with E-state index >= 15 is 0 Å². The van der Waals surface area contributed by atoms with Crippen molar-refractivity contribution in [3.05, 3.63) is 71.8 Å². The van der Waals surface area contributed by atoms with Crippen molar-refractivity contribution in [1.82, 2.24) is 5.32 Å². The fourth-order valence-corrected chi connectivity index (χ4v) is 2.59. The van der Waals surface area contributed by atoms with Gasteiger partial charge in [-0.2, -0.15) is 0 Å². The van der Waals surface area contributed by atoms with Gasteiger partial charge in [0.2, 0.25) is 0 Å².